The Morgan fingerprint density at radius 1 is 1.11 bits per heavy atom. The van der Waals surface area contributed by atoms with Gasteiger partial charge in [-0.3, -0.25) is 9.59 Å². The van der Waals surface area contributed by atoms with Gasteiger partial charge in [-0.05, 0) is 68.4 Å². The minimum absolute atomic E-state index is 0.143. The topological polar surface area (TPSA) is 74.8 Å². The molecule has 3 atom stereocenters. The number of allylic oxidation sites excluding steroid dienone is 1. The van der Waals surface area contributed by atoms with Crippen LogP contribution in [-0.4, -0.2) is 47.8 Å². The van der Waals surface area contributed by atoms with E-state index in [-0.39, 0.29) is 11.9 Å². The van der Waals surface area contributed by atoms with Crippen molar-refractivity contribution in [1.29, 1.82) is 0 Å². The molecule has 2 aromatic rings. The SMILES string of the molecule is C=CC[C@@]1(C)CCC(c2ccc(Cl)cc2)N(C(CC)C(=O)N(C)S(=O)(=O)C2CC2)C1=O.Clc1ccccc1. The maximum Gasteiger partial charge on any atom is 0.258 e. The summed E-state index contributed by atoms with van der Waals surface area (Å²) in [6, 6.07) is 15.5. The van der Waals surface area contributed by atoms with Gasteiger partial charge in [0.05, 0.1) is 16.7 Å². The molecule has 2 aromatic carbocycles. The molecule has 1 aliphatic carbocycles. The molecule has 0 bridgehead atoms. The number of likely N-dealkylation sites (tertiary alicyclic amines) is 1. The van der Waals surface area contributed by atoms with E-state index in [2.05, 4.69) is 6.58 Å². The van der Waals surface area contributed by atoms with Crippen molar-refractivity contribution in [1.82, 2.24) is 9.21 Å². The van der Waals surface area contributed by atoms with E-state index in [0.29, 0.717) is 43.5 Å². The van der Waals surface area contributed by atoms with Crippen molar-refractivity contribution in [2.75, 3.05) is 7.05 Å². The lowest BCUT2D eigenvalue weighted by Gasteiger charge is -2.48. The average molecular weight is 580 g/mol. The van der Waals surface area contributed by atoms with Crippen LogP contribution in [0.15, 0.2) is 67.3 Å². The van der Waals surface area contributed by atoms with Crippen molar-refractivity contribution in [3.05, 3.63) is 82.9 Å². The molecule has 2 amide bonds. The Morgan fingerprint density at radius 3 is 2.16 bits per heavy atom. The van der Waals surface area contributed by atoms with Gasteiger partial charge in [0.25, 0.3) is 5.91 Å². The van der Waals surface area contributed by atoms with E-state index in [1.165, 1.54) is 7.05 Å². The standard InChI is InChI=1S/C23H31ClN2O4S.C6H5Cl/c1-5-14-23(3)15-13-20(16-7-9-17(24)10-8-16)26(22(23)28)19(6-2)21(27)25(4)31(29,30)18-11-12-18;7-6-4-2-1-3-5-6/h5,7-10,18-20H,1,6,11-15H2,2-4H3;1-5H/t19?,20?,23-;/m0./s1. The number of amides is 2. The molecular weight excluding hydrogens is 543 g/mol. The third kappa shape index (κ3) is 6.80. The van der Waals surface area contributed by atoms with Crippen molar-refractivity contribution in [3.63, 3.8) is 0 Å². The lowest BCUT2D eigenvalue weighted by atomic mass is 9.74. The van der Waals surface area contributed by atoms with E-state index in [4.69, 9.17) is 23.2 Å². The molecule has 1 saturated heterocycles. The van der Waals surface area contributed by atoms with E-state index < -0.39 is 32.6 Å². The van der Waals surface area contributed by atoms with E-state index in [1.807, 2.05) is 56.3 Å². The molecule has 0 aromatic heterocycles. The summed E-state index contributed by atoms with van der Waals surface area (Å²) in [5, 5.41) is 0.893. The summed E-state index contributed by atoms with van der Waals surface area (Å²) in [5.41, 5.74) is 0.212. The fourth-order valence-corrected chi connectivity index (χ4v) is 6.69. The van der Waals surface area contributed by atoms with Gasteiger partial charge in [-0.2, -0.15) is 0 Å². The molecule has 2 fully saturated rings. The zero-order chi connectivity index (χ0) is 28.1. The fourth-order valence-electron chi connectivity index (χ4n) is 4.86. The van der Waals surface area contributed by atoms with Gasteiger partial charge in [-0.15, -0.1) is 6.58 Å². The monoisotopic (exact) mass is 578 g/mol. The highest BCUT2D eigenvalue weighted by molar-refractivity contribution is 7.90. The summed E-state index contributed by atoms with van der Waals surface area (Å²) >= 11 is 11.6. The first-order valence-corrected chi connectivity index (χ1v) is 15.1. The van der Waals surface area contributed by atoms with Crippen LogP contribution in [0, 0.1) is 5.41 Å². The molecule has 2 unspecified atom stereocenters. The maximum absolute atomic E-state index is 13.7. The number of hydrogen-bond acceptors (Lipinski definition) is 4. The van der Waals surface area contributed by atoms with Gasteiger partial charge in [0.2, 0.25) is 15.9 Å². The molecule has 1 aliphatic heterocycles. The molecule has 2 aliphatic rings. The van der Waals surface area contributed by atoms with Crippen LogP contribution in [0.25, 0.3) is 0 Å². The predicted molar refractivity (Wildman–Crippen MR) is 153 cm³/mol. The molecule has 206 valence electrons. The summed E-state index contributed by atoms with van der Waals surface area (Å²) in [6.07, 6.45) is 5.02. The Labute approximate surface area is 236 Å². The molecule has 0 radical (unpaired) electrons. The highest BCUT2D eigenvalue weighted by atomic mass is 35.5. The van der Waals surface area contributed by atoms with Gasteiger partial charge >= 0.3 is 0 Å². The highest BCUT2D eigenvalue weighted by Crippen LogP contribution is 2.45. The average Bonchev–Trinajstić information content (AvgIpc) is 3.75. The van der Waals surface area contributed by atoms with Gasteiger partial charge in [0.15, 0.2) is 0 Å². The van der Waals surface area contributed by atoms with Crippen LogP contribution in [0.3, 0.4) is 0 Å². The molecule has 0 N–H and O–H groups in total. The summed E-state index contributed by atoms with van der Waals surface area (Å²) in [7, 11) is -2.38. The second-order valence-electron chi connectivity index (χ2n) is 10.1. The number of likely N-dealkylation sites (N-methyl/N-ethyl adjacent to an activating group) is 1. The molecule has 6 nitrogen and oxygen atoms in total. The third-order valence-corrected chi connectivity index (χ3v) is 10.0. The molecule has 9 heteroatoms. The number of carbonyl (C=O) groups excluding carboxylic acids is 2. The smallest absolute Gasteiger partial charge is 0.258 e. The molecule has 1 saturated carbocycles. The van der Waals surface area contributed by atoms with Crippen LogP contribution in [0.1, 0.15) is 64.0 Å². The normalized spacial score (nSPS) is 22.2. The number of sulfonamides is 1. The number of rotatable bonds is 8. The number of carbonyl (C=O) groups is 2. The molecular formula is C29H36Cl2N2O4S. The Hall–Kier alpha value is -2.35. The maximum atomic E-state index is 13.7. The summed E-state index contributed by atoms with van der Waals surface area (Å²) in [6.45, 7) is 7.50. The van der Waals surface area contributed by atoms with Crippen molar-refractivity contribution in [3.8, 4) is 0 Å². The van der Waals surface area contributed by atoms with Crippen molar-refractivity contribution in [2.45, 2.75) is 69.7 Å². The van der Waals surface area contributed by atoms with Gasteiger partial charge in [0, 0.05) is 17.1 Å². The van der Waals surface area contributed by atoms with Crippen molar-refractivity contribution >= 4 is 45.0 Å². The Balaban J connectivity index is 0.000000494. The first kappa shape index (κ1) is 30.2. The lowest BCUT2D eigenvalue weighted by Crippen LogP contribution is -2.58. The van der Waals surface area contributed by atoms with Gasteiger partial charge in [-0.25, -0.2) is 12.7 Å². The van der Waals surface area contributed by atoms with Crippen LogP contribution >= 0.6 is 23.2 Å². The highest BCUT2D eigenvalue weighted by Gasteiger charge is 2.49. The van der Waals surface area contributed by atoms with Crippen LogP contribution in [0.2, 0.25) is 10.0 Å². The number of piperidine rings is 1. The van der Waals surface area contributed by atoms with Gasteiger partial charge in [-0.1, -0.05) is 73.5 Å². The minimum atomic E-state index is -3.69. The number of benzene rings is 2. The van der Waals surface area contributed by atoms with Crippen LogP contribution < -0.4 is 0 Å². The van der Waals surface area contributed by atoms with E-state index in [9.17, 15) is 18.0 Å². The zero-order valence-corrected chi connectivity index (χ0v) is 24.5. The Bertz CT molecular complexity index is 1230. The Morgan fingerprint density at radius 2 is 1.68 bits per heavy atom. The van der Waals surface area contributed by atoms with Gasteiger partial charge in [0.1, 0.15) is 6.04 Å². The largest absolute Gasteiger partial charge is 0.323 e. The van der Waals surface area contributed by atoms with Crippen LogP contribution in [-0.2, 0) is 19.6 Å². The van der Waals surface area contributed by atoms with Crippen molar-refractivity contribution < 1.29 is 18.0 Å². The van der Waals surface area contributed by atoms with Gasteiger partial charge < -0.3 is 4.90 Å². The van der Waals surface area contributed by atoms with Crippen LogP contribution in [0.4, 0.5) is 0 Å². The first-order chi connectivity index (χ1) is 18.0. The summed E-state index contributed by atoms with van der Waals surface area (Å²) in [4.78, 5) is 28.8. The lowest BCUT2D eigenvalue weighted by molar-refractivity contribution is -0.158. The quantitative estimate of drug-likeness (QED) is 0.328. The van der Waals surface area contributed by atoms with Crippen molar-refractivity contribution in [2.24, 2.45) is 5.41 Å². The number of nitrogens with zero attached hydrogens (tertiary/aromatic N) is 2. The zero-order valence-electron chi connectivity index (χ0n) is 22.1. The predicted octanol–water partition coefficient (Wildman–Crippen LogP) is 6.66. The summed E-state index contributed by atoms with van der Waals surface area (Å²) < 4.78 is 26.3. The second-order valence-corrected chi connectivity index (χ2v) is 13.3. The third-order valence-electron chi connectivity index (χ3n) is 7.28. The Kier molecular flexibility index (Phi) is 10.1. The molecule has 0 spiro atoms. The van der Waals surface area contributed by atoms with E-state index in [1.54, 1.807) is 23.1 Å². The number of halogens is 2. The molecule has 38 heavy (non-hydrogen) atoms. The first-order valence-electron chi connectivity index (χ1n) is 12.9. The second kappa shape index (κ2) is 12.7. The number of hydrogen-bond donors (Lipinski definition) is 0. The molecule has 1 heterocycles. The minimum Gasteiger partial charge on any atom is -0.323 e. The summed E-state index contributed by atoms with van der Waals surface area (Å²) in [5.74, 6) is -0.694. The fraction of sp³-hybridized carbons (Fsp3) is 0.448. The van der Waals surface area contributed by atoms with E-state index >= 15 is 0 Å². The van der Waals surface area contributed by atoms with Crippen LogP contribution in [0.5, 0.6) is 0 Å². The molecule has 4 rings (SSSR count). The van der Waals surface area contributed by atoms with E-state index in [0.717, 1.165) is 14.9 Å².